The Morgan fingerprint density at radius 2 is 1.80 bits per heavy atom. The molecule has 2 atom stereocenters. The van der Waals surface area contributed by atoms with Crippen molar-refractivity contribution in [3.63, 3.8) is 0 Å². The number of benzene rings is 3. The Hall–Kier alpha value is -4.10. The average Bonchev–Trinajstić information content (AvgIpc) is 3.53. The molecule has 4 aromatic rings. The van der Waals surface area contributed by atoms with Gasteiger partial charge in [-0.25, -0.2) is 0 Å². The van der Waals surface area contributed by atoms with Gasteiger partial charge < -0.3 is 25.7 Å². The molecule has 4 N–H and O–H groups in total. The predicted octanol–water partition coefficient (Wildman–Crippen LogP) is 4.57. The monoisotopic (exact) mass is 468 g/mol. The van der Waals surface area contributed by atoms with Crippen molar-refractivity contribution in [2.45, 2.75) is 24.9 Å². The van der Waals surface area contributed by atoms with Crippen LogP contribution in [0.1, 0.15) is 24.4 Å². The van der Waals surface area contributed by atoms with Crippen molar-refractivity contribution in [3.05, 3.63) is 84.4 Å². The molecule has 0 saturated carbocycles. The van der Waals surface area contributed by atoms with Crippen molar-refractivity contribution in [3.8, 4) is 11.3 Å². The fourth-order valence-corrected chi connectivity index (χ4v) is 4.68. The number of furan rings is 1. The zero-order valence-electron chi connectivity index (χ0n) is 19.5. The number of anilines is 2. The van der Waals surface area contributed by atoms with Gasteiger partial charge in [-0.2, -0.15) is 0 Å². The van der Waals surface area contributed by atoms with Gasteiger partial charge in [-0.3, -0.25) is 9.59 Å². The van der Waals surface area contributed by atoms with E-state index in [-0.39, 0.29) is 11.8 Å². The lowest BCUT2D eigenvalue weighted by atomic mass is 10.1. The minimum Gasteiger partial charge on any atom is -0.456 e. The number of hydrogen-bond donors (Lipinski definition) is 3. The van der Waals surface area contributed by atoms with Crippen LogP contribution in [0.25, 0.3) is 22.3 Å². The molecule has 0 radical (unpaired) electrons. The molecule has 0 bridgehead atoms. The summed E-state index contributed by atoms with van der Waals surface area (Å²) in [6.45, 7) is 0.563. The summed E-state index contributed by atoms with van der Waals surface area (Å²) in [6, 6.07) is 23.6. The number of carbonyl (C=O) groups is 2. The molecular weight excluding hydrogens is 440 g/mol. The standard InChI is InChI=1S/C28H28N4O3/c1-30-26(19-6-3-2-4-7-19)28(34)32-15-5-8-23(32)27(33)31-22-13-14-24-20(16-22)17-25(35-24)18-9-11-21(29)12-10-18/h2-4,6-7,9-14,16-17,23,26,30H,5,8,15,29H2,1H3,(H,31,33)/t23-,26+/m0/s1. The van der Waals surface area contributed by atoms with Gasteiger partial charge in [0, 0.05) is 28.9 Å². The van der Waals surface area contributed by atoms with Gasteiger partial charge in [0.2, 0.25) is 11.8 Å². The number of nitrogen functional groups attached to an aromatic ring is 1. The molecule has 1 aromatic heterocycles. The van der Waals surface area contributed by atoms with Crippen LogP contribution in [-0.4, -0.2) is 36.3 Å². The second-order valence-corrected chi connectivity index (χ2v) is 8.80. The zero-order chi connectivity index (χ0) is 24.4. The van der Waals surface area contributed by atoms with Crippen LogP contribution in [-0.2, 0) is 9.59 Å². The lowest BCUT2D eigenvalue weighted by molar-refractivity contribution is -0.138. The van der Waals surface area contributed by atoms with E-state index in [0.29, 0.717) is 24.3 Å². The summed E-state index contributed by atoms with van der Waals surface area (Å²) in [7, 11) is 1.76. The number of amides is 2. The molecule has 0 aliphatic carbocycles. The van der Waals surface area contributed by atoms with E-state index in [2.05, 4.69) is 10.6 Å². The fourth-order valence-electron chi connectivity index (χ4n) is 4.68. The van der Waals surface area contributed by atoms with Crippen LogP contribution < -0.4 is 16.4 Å². The van der Waals surface area contributed by atoms with Gasteiger partial charge in [0.05, 0.1) is 0 Å². The predicted molar refractivity (Wildman–Crippen MR) is 138 cm³/mol. The van der Waals surface area contributed by atoms with E-state index in [9.17, 15) is 9.59 Å². The molecule has 1 aliphatic rings. The molecule has 1 fully saturated rings. The molecule has 3 aromatic carbocycles. The summed E-state index contributed by atoms with van der Waals surface area (Å²) in [5.74, 6) is 0.463. The van der Waals surface area contributed by atoms with Crippen molar-refractivity contribution in [2.75, 3.05) is 24.6 Å². The Balaban J connectivity index is 1.32. The normalized spacial score (nSPS) is 16.4. The van der Waals surface area contributed by atoms with Crippen LogP contribution >= 0.6 is 0 Å². The van der Waals surface area contributed by atoms with Crippen molar-refractivity contribution < 1.29 is 14.0 Å². The first kappa shape index (κ1) is 22.7. The minimum absolute atomic E-state index is 0.0882. The maximum Gasteiger partial charge on any atom is 0.247 e. The zero-order valence-corrected chi connectivity index (χ0v) is 19.5. The maximum atomic E-state index is 13.3. The molecule has 7 nitrogen and oxygen atoms in total. The summed E-state index contributed by atoms with van der Waals surface area (Å²) in [5, 5.41) is 6.99. The highest BCUT2D eigenvalue weighted by molar-refractivity contribution is 6.00. The fraction of sp³-hybridized carbons (Fsp3) is 0.214. The van der Waals surface area contributed by atoms with Crippen LogP contribution in [0.4, 0.5) is 11.4 Å². The first-order chi connectivity index (χ1) is 17.0. The molecule has 0 unspecified atom stereocenters. The topological polar surface area (TPSA) is 101 Å². The highest BCUT2D eigenvalue weighted by Gasteiger charge is 2.37. The van der Waals surface area contributed by atoms with E-state index in [4.69, 9.17) is 10.2 Å². The molecule has 178 valence electrons. The van der Waals surface area contributed by atoms with Crippen molar-refractivity contribution in [1.29, 1.82) is 0 Å². The van der Waals surface area contributed by atoms with Gasteiger partial charge in [-0.15, -0.1) is 0 Å². The molecular formula is C28H28N4O3. The van der Waals surface area contributed by atoms with Gasteiger partial charge >= 0.3 is 0 Å². The van der Waals surface area contributed by atoms with Gasteiger partial charge in [0.15, 0.2) is 0 Å². The molecule has 35 heavy (non-hydrogen) atoms. The minimum atomic E-state index is -0.507. The summed E-state index contributed by atoms with van der Waals surface area (Å²) in [6.07, 6.45) is 1.43. The van der Waals surface area contributed by atoms with Gasteiger partial charge in [-0.1, -0.05) is 30.3 Å². The van der Waals surface area contributed by atoms with Crippen LogP contribution in [0, 0.1) is 0 Å². The van der Waals surface area contributed by atoms with Gasteiger partial charge in [0.1, 0.15) is 23.4 Å². The molecule has 2 amide bonds. The molecule has 1 saturated heterocycles. The van der Waals surface area contributed by atoms with Crippen molar-refractivity contribution in [1.82, 2.24) is 10.2 Å². The highest BCUT2D eigenvalue weighted by Crippen LogP contribution is 2.31. The second kappa shape index (κ2) is 9.64. The second-order valence-electron chi connectivity index (χ2n) is 8.80. The van der Waals surface area contributed by atoms with Crippen molar-refractivity contribution in [2.24, 2.45) is 0 Å². The third-order valence-corrected chi connectivity index (χ3v) is 6.49. The number of carbonyl (C=O) groups excluding carboxylic acids is 2. The Bertz CT molecular complexity index is 1350. The lowest BCUT2D eigenvalue weighted by Crippen LogP contribution is -2.47. The molecule has 7 heteroatoms. The van der Waals surface area contributed by atoms with Crippen LogP contribution in [0.2, 0.25) is 0 Å². The first-order valence-corrected chi connectivity index (χ1v) is 11.8. The first-order valence-electron chi connectivity index (χ1n) is 11.8. The lowest BCUT2D eigenvalue weighted by Gasteiger charge is -2.28. The van der Waals surface area contributed by atoms with Crippen LogP contribution in [0.3, 0.4) is 0 Å². The molecule has 1 aliphatic heterocycles. The van der Waals surface area contributed by atoms with Crippen LogP contribution in [0.15, 0.2) is 83.3 Å². The molecule has 0 spiro atoms. The summed E-state index contributed by atoms with van der Waals surface area (Å²) in [4.78, 5) is 28.2. The number of nitrogens with zero attached hydrogens (tertiary/aromatic N) is 1. The third-order valence-electron chi connectivity index (χ3n) is 6.49. The van der Waals surface area contributed by atoms with E-state index in [0.717, 1.165) is 34.3 Å². The number of nitrogens with one attached hydrogen (secondary N) is 2. The molecule has 2 heterocycles. The molecule has 5 rings (SSSR count). The Labute approximate surface area is 203 Å². The Morgan fingerprint density at radius 1 is 1.03 bits per heavy atom. The maximum absolute atomic E-state index is 13.3. The van der Waals surface area contributed by atoms with E-state index in [1.165, 1.54) is 0 Å². The summed E-state index contributed by atoms with van der Waals surface area (Å²) in [5.41, 5.74) is 9.68. The van der Waals surface area contributed by atoms with Gasteiger partial charge in [-0.05, 0) is 74.0 Å². The highest BCUT2D eigenvalue weighted by atomic mass is 16.3. The largest absolute Gasteiger partial charge is 0.456 e. The summed E-state index contributed by atoms with van der Waals surface area (Å²) >= 11 is 0. The van der Waals surface area contributed by atoms with Crippen LogP contribution in [0.5, 0.6) is 0 Å². The number of likely N-dealkylation sites (tertiary alicyclic amines) is 1. The number of likely N-dealkylation sites (N-methyl/N-ethyl adjacent to an activating group) is 1. The quantitative estimate of drug-likeness (QED) is 0.360. The SMILES string of the molecule is CN[C@@H](C(=O)N1CCC[C@H]1C(=O)Nc1ccc2oc(-c3ccc(N)cc3)cc2c1)c1ccccc1. The average molecular weight is 469 g/mol. The number of rotatable bonds is 6. The number of nitrogens with two attached hydrogens (primary N) is 1. The van der Waals surface area contributed by atoms with E-state index in [1.54, 1.807) is 11.9 Å². The van der Waals surface area contributed by atoms with Crippen molar-refractivity contribution >= 4 is 34.2 Å². The Morgan fingerprint density at radius 3 is 2.54 bits per heavy atom. The van der Waals surface area contributed by atoms with E-state index >= 15 is 0 Å². The summed E-state index contributed by atoms with van der Waals surface area (Å²) < 4.78 is 5.97. The number of hydrogen-bond acceptors (Lipinski definition) is 5. The number of fused-ring (bicyclic) bond motifs is 1. The van der Waals surface area contributed by atoms with E-state index in [1.807, 2.05) is 78.9 Å². The van der Waals surface area contributed by atoms with Gasteiger partial charge in [0.25, 0.3) is 0 Å². The Kier molecular flexibility index (Phi) is 6.25. The van der Waals surface area contributed by atoms with E-state index < -0.39 is 12.1 Å². The smallest absolute Gasteiger partial charge is 0.247 e. The third kappa shape index (κ3) is 4.63.